The smallest absolute Gasteiger partial charge is 0.477 e. The Hall–Kier alpha value is -4.62. The Morgan fingerprint density at radius 2 is 1.55 bits per heavy atom. The second-order valence-electron chi connectivity index (χ2n) is 15.2. The molecule has 2 heterocycles. The van der Waals surface area contributed by atoms with Crippen LogP contribution in [0, 0.1) is 0 Å². The average Bonchev–Trinajstić information content (AvgIpc) is 3.36. The second kappa shape index (κ2) is 13.8. The summed E-state index contributed by atoms with van der Waals surface area (Å²) in [5, 5.41) is 12.3. The molecule has 0 radical (unpaired) electrons. The minimum absolute atomic E-state index is 0.176. The molecule has 2 aromatic carbocycles. The van der Waals surface area contributed by atoms with E-state index in [4.69, 9.17) is 33.2 Å². The van der Waals surface area contributed by atoms with Crippen LogP contribution in [-0.2, 0) is 40.4 Å². The first kappa shape index (κ1) is 37.6. The lowest BCUT2D eigenvalue weighted by Crippen LogP contribution is -2.74. The Bertz CT molecular complexity index is 1710. The fourth-order valence-electron chi connectivity index (χ4n) is 7.22. The van der Waals surface area contributed by atoms with Crippen LogP contribution in [0.15, 0.2) is 54.3 Å². The van der Waals surface area contributed by atoms with Gasteiger partial charge in [-0.2, -0.15) is 0 Å². The van der Waals surface area contributed by atoms with Crippen molar-refractivity contribution in [2.75, 3.05) is 13.6 Å². The van der Waals surface area contributed by atoms with Gasteiger partial charge in [0, 0.05) is 24.9 Å². The van der Waals surface area contributed by atoms with E-state index in [-0.39, 0.29) is 24.0 Å². The van der Waals surface area contributed by atoms with E-state index in [2.05, 4.69) is 4.90 Å². The molecule has 0 aromatic heterocycles. The fourth-order valence-corrected chi connectivity index (χ4v) is 7.22. The van der Waals surface area contributed by atoms with Crippen molar-refractivity contribution in [1.82, 2.24) is 4.90 Å². The first-order valence-electron chi connectivity index (χ1n) is 17.0. The van der Waals surface area contributed by atoms with Crippen LogP contribution in [0.4, 0.5) is 9.59 Å². The van der Waals surface area contributed by atoms with Crippen LogP contribution in [0.2, 0.25) is 0 Å². The lowest BCUT2D eigenvalue weighted by molar-refractivity contribution is -0.175. The number of esters is 2. The van der Waals surface area contributed by atoms with Crippen molar-refractivity contribution in [1.29, 1.82) is 0 Å². The average molecular weight is 710 g/mol. The van der Waals surface area contributed by atoms with Gasteiger partial charge in [0.25, 0.3) is 0 Å². The molecular weight excluding hydrogens is 662 g/mol. The highest BCUT2D eigenvalue weighted by Gasteiger charge is 2.72. The van der Waals surface area contributed by atoms with Crippen LogP contribution in [0.5, 0.6) is 17.2 Å². The molecule has 13 heteroatoms. The molecule has 276 valence electrons. The molecule has 1 spiro atoms. The third kappa shape index (κ3) is 7.69. The molecule has 4 aliphatic rings. The zero-order chi connectivity index (χ0) is 37.5. The highest BCUT2D eigenvalue weighted by atomic mass is 16.7. The van der Waals surface area contributed by atoms with Gasteiger partial charge in [0.05, 0.1) is 11.0 Å². The summed E-state index contributed by atoms with van der Waals surface area (Å²) in [7, 11) is 1.99. The van der Waals surface area contributed by atoms with E-state index >= 15 is 0 Å². The molecule has 13 nitrogen and oxygen atoms in total. The third-order valence-corrected chi connectivity index (χ3v) is 9.15. The van der Waals surface area contributed by atoms with Crippen molar-refractivity contribution in [3.63, 3.8) is 0 Å². The maximum Gasteiger partial charge on any atom is 0.514 e. The first-order chi connectivity index (χ1) is 23.7. The number of aliphatic hydroxyl groups is 1. The van der Waals surface area contributed by atoms with Crippen LogP contribution in [-0.4, -0.2) is 82.9 Å². The van der Waals surface area contributed by atoms with Gasteiger partial charge in [-0.05, 0) is 105 Å². The number of carbonyl (C=O) groups excluding carboxylic acids is 4. The summed E-state index contributed by atoms with van der Waals surface area (Å²) in [5.74, 6) is -0.0970. The van der Waals surface area contributed by atoms with Crippen molar-refractivity contribution in [2.45, 2.75) is 115 Å². The maximum atomic E-state index is 12.8. The minimum Gasteiger partial charge on any atom is -0.477 e. The van der Waals surface area contributed by atoms with E-state index in [0.29, 0.717) is 30.9 Å². The Balaban J connectivity index is 0.000000303. The molecule has 5 unspecified atom stereocenters. The van der Waals surface area contributed by atoms with Gasteiger partial charge >= 0.3 is 24.2 Å². The summed E-state index contributed by atoms with van der Waals surface area (Å²) < 4.78 is 38.0. The highest BCUT2D eigenvalue weighted by molar-refractivity contribution is 5.79. The zero-order valence-electron chi connectivity index (χ0n) is 30.6. The number of likely N-dealkylation sites (N-methyl/N-ethyl adjacent to an activating group) is 1. The first-order valence-corrected chi connectivity index (χ1v) is 17.0. The SMILES string of the molecule is CC(=O)OC(C)C(=O)OC1=CCC2(O)C3Cc4ccc(OC(=O)OC(C)(C)C)c5c4C2(CCN3C)C1O5.CC(C)(C)OC(=O)Oc1ccccc1. The summed E-state index contributed by atoms with van der Waals surface area (Å²) >= 11 is 0. The molecule has 51 heavy (non-hydrogen) atoms. The molecule has 0 amide bonds. The molecule has 2 aliphatic carbocycles. The van der Waals surface area contributed by atoms with Gasteiger partial charge in [0.2, 0.25) is 0 Å². The van der Waals surface area contributed by atoms with Crippen LogP contribution in [0.3, 0.4) is 0 Å². The Morgan fingerprint density at radius 1 is 0.922 bits per heavy atom. The number of ether oxygens (including phenoxy) is 7. The van der Waals surface area contributed by atoms with Gasteiger partial charge in [-0.25, -0.2) is 14.4 Å². The van der Waals surface area contributed by atoms with E-state index in [1.165, 1.54) is 13.8 Å². The Morgan fingerprint density at radius 3 is 2.16 bits per heavy atom. The van der Waals surface area contributed by atoms with Gasteiger partial charge in [0.1, 0.15) is 22.7 Å². The summed E-state index contributed by atoms with van der Waals surface area (Å²) in [6.07, 6.45) is -0.459. The Kier molecular flexibility index (Phi) is 10.2. The number of carbonyl (C=O) groups is 4. The largest absolute Gasteiger partial charge is 0.514 e. The molecule has 1 saturated heterocycles. The van der Waals surface area contributed by atoms with Gasteiger partial charge in [-0.1, -0.05) is 24.3 Å². The van der Waals surface area contributed by atoms with Crippen LogP contribution >= 0.6 is 0 Å². The lowest BCUT2D eigenvalue weighted by atomic mass is 9.50. The predicted molar refractivity (Wildman–Crippen MR) is 182 cm³/mol. The van der Waals surface area contributed by atoms with Gasteiger partial charge < -0.3 is 43.2 Å². The molecule has 2 aliphatic heterocycles. The topological polar surface area (TPSA) is 156 Å². The van der Waals surface area contributed by atoms with Crippen LogP contribution in [0.1, 0.15) is 79.4 Å². The minimum atomic E-state index is -1.20. The highest BCUT2D eigenvalue weighted by Crippen LogP contribution is 2.65. The summed E-state index contributed by atoms with van der Waals surface area (Å²) in [6, 6.07) is 12.2. The predicted octanol–water partition coefficient (Wildman–Crippen LogP) is 5.77. The third-order valence-electron chi connectivity index (χ3n) is 9.15. The molecule has 6 rings (SSSR count). The van der Waals surface area contributed by atoms with Crippen molar-refractivity contribution in [2.24, 2.45) is 0 Å². The number of piperidine rings is 1. The number of benzene rings is 2. The molecule has 2 aromatic rings. The van der Waals surface area contributed by atoms with E-state index in [1.807, 2.05) is 19.2 Å². The van der Waals surface area contributed by atoms with Crippen molar-refractivity contribution >= 4 is 24.2 Å². The molecule has 1 fully saturated rings. The second-order valence-corrected chi connectivity index (χ2v) is 15.2. The van der Waals surface area contributed by atoms with Gasteiger partial charge in [-0.15, -0.1) is 0 Å². The van der Waals surface area contributed by atoms with Crippen molar-refractivity contribution < 1.29 is 57.4 Å². The standard InChI is InChI=1S/C27H33NO9.C11H14O3/c1-14(33-15(2)29)23(30)34-18-9-10-27(32)19-13-16-7-8-17(35-24(31)37-25(3,4)5)21-20(16)26(27,22(18)36-21)11-12-28(19)6;1-11(2,3)14-10(12)13-9-7-5-4-6-8-9/h7-9,14,19,22,32H,10-13H2,1-6H3;4-8H,1-3H3. The lowest BCUT2D eigenvalue weighted by Gasteiger charge is -2.61. The van der Waals surface area contributed by atoms with E-state index < -0.39 is 58.7 Å². The van der Waals surface area contributed by atoms with E-state index in [0.717, 1.165) is 11.1 Å². The quantitative estimate of drug-likeness (QED) is 0.227. The number of rotatable bonds is 5. The molecule has 0 saturated carbocycles. The van der Waals surface area contributed by atoms with Crippen molar-refractivity contribution in [3.05, 3.63) is 65.4 Å². The summed E-state index contributed by atoms with van der Waals surface area (Å²) in [5.41, 5.74) is -1.63. The number of nitrogens with zero attached hydrogens (tertiary/aromatic N) is 1. The van der Waals surface area contributed by atoms with Crippen LogP contribution < -0.4 is 14.2 Å². The van der Waals surface area contributed by atoms with Crippen LogP contribution in [0.25, 0.3) is 0 Å². The summed E-state index contributed by atoms with van der Waals surface area (Å²) in [4.78, 5) is 50.0. The van der Waals surface area contributed by atoms with E-state index in [9.17, 15) is 24.3 Å². The number of likely N-dealkylation sites (tertiary alicyclic amines) is 1. The molecular formula is C38H47NO12. The normalized spacial score (nSPS) is 24.9. The number of hydrogen-bond donors (Lipinski definition) is 1. The van der Waals surface area contributed by atoms with Crippen molar-refractivity contribution in [3.8, 4) is 17.2 Å². The number of para-hydroxylation sites is 1. The van der Waals surface area contributed by atoms with Gasteiger partial charge in [0.15, 0.2) is 23.7 Å². The zero-order valence-corrected chi connectivity index (χ0v) is 30.6. The maximum absolute atomic E-state index is 12.8. The molecule has 5 atom stereocenters. The summed E-state index contributed by atoms with van der Waals surface area (Å²) in [6.45, 7) is 13.9. The Labute approximate surface area is 297 Å². The van der Waals surface area contributed by atoms with Gasteiger partial charge in [-0.3, -0.25) is 4.79 Å². The van der Waals surface area contributed by atoms with E-state index in [1.54, 1.807) is 78.0 Å². The number of hydrogen-bond acceptors (Lipinski definition) is 13. The monoisotopic (exact) mass is 709 g/mol. The molecule has 1 N–H and O–H groups in total. The fraction of sp³-hybridized carbons (Fsp3) is 0.526. The molecule has 2 bridgehead atoms.